The molecule has 0 radical (unpaired) electrons. The van der Waals surface area contributed by atoms with Gasteiger partial charge in [-0.1, -0.05) is 30.3 Å². The molecule has 1 fully saturated rings. The molecule has 1 heterocycles. The molecule has 288 valence electrons. The third-order valence-corrected chi connectivity index (χ3v) is 8.83. The van der Waals surface area contributed by atoms with Crippen LogP contribution in [0.5, 0.6) is 0 Å². The Morgan fingerprint density at radius 1 is 0.865 bits per heavy atom. The van der Waals surface area contributed by atoms with E-state index >= 15 is 0 Å². The van der Waals surface area contributed by atoms with Gasteiger partial charge in [0.2, 0.25) is 41.4 Å². The van der Waals surface area contributed by atoms with E-state index in [-0.39, 0.29) is 49.8 Å². The van der Waals surface area contributed by atoms with Crippen LogP contribution in [-0.4, -0.2) is 124 Å². The summed E-state index contributed by atoms with van der Waals surface area (Å²) in [4.78, 5) is 95.8. The Hall–Kier alpha value is -4.56. The van der Waals surface area contributed by atoms with E-state index < -0.39 is 83.7 Å². The lowest BCUT2D eigenvalue weighted by Crippen LogP contribution is -2.60. The van der Waals surface area contributed by atoms with Crippen molar-refractivity contribution in [2.24, 2.45) is 22.2 Å². The van der Waals surface area contributed by atoms with E-state index in [1.165, 1.54) is 18.7 Å². The SMILES string of the molecule is CC(=O)N[C@H](C(=O)N[C@@H](CS)C(=O)N1CCC[C@H]1C(=O)N[C@@H](Cc1ccccc1)C(=O)N[C@@H](CS)C(=O)N[C@@H](CCCN=C(N)N)C(N)=O)[C@@H](C)O. The maximum absolute atomic E-state index is 13.8. The van der Waals surface area contributed by atoms with Gasteiger partial charge in [-0.2, -0.15) is 25.3 Å². The van der Waals surface area contributed by atoms with Crippen LogP contribution in [-0.2, 0) is 40.0 Å². The number of nitrogens with two attached hydrogens (primary N) is 3. The highest BCUT2D eigenvalue weighted by molar-refractivity contribution is 7.80. The molecule has 7 atom stereocenters. The van der Waals surface area contributed by atoms with Crippen molar-refractivity contribution in [3.05, 3.63) is 35.9 Å². The summed E-state index contributed by atoms with van der Waals surface area (Å²) in [6, 6.07) is 1.73. The van der Waals surface area contributed by atoms with Gasteiger partial charge in [-0.25, -0.2) is 0 Å². The number of aliphatic hydroxyl groups excluding tert-OH is 1. The highest BCUT2D eigenvalue weighted by Gasteiger charge is 2.40. The maximum Gasteiger partial charge on any atom is 0.246 e. The molecule has 1 aliphatic rings. The summed E-state index contributed by atoms with van der Waals surface area (Å²) in [5.74, 6) is -5.35. The number of hydrogen-bond acceptors (Lipinski definition) is 11. The number of benzene rings is 1. The van der Waals surface area contributed by atoms with Gasteiger partial charge in [-0.15, -0.1) is 0 Å². The first-order valence-corrected chi connectivity index (χ1v) is 17.9. The Bertz CT molecular complexity index is 1450. The zero-order chi connectivity index (χ0) is 39.0. The number of thiol groups is 2. The molecule has 1 aromatic carbocycles. The van der Waals surface area contributed by atoms with E-state index in [0.29, 0.717) is 18.4 Å². The van der Waals surface area contributed by atoms with Gasteiger partial charge in [0.25, 0.3) is 0 Å². The third-order valence-electron chi connectivity index (χ3n) is 8.10. The number of nitrogens with one attached hydrogen (secondary N) is 5. The number of rotatable bonds is 20. The van der Waals surface area contributed by atoms with Gasteiger partial charge in [-0.05, 0) is 38.2 Å². The number of nitrogens with zero attached hydrogens (tertiary/aromatic N) is 2. The van der Waals surface area contributed by atoms with Gasteiger partial charge in [0.1, 0.15) is 36.3 Å². The minimum Gasteiger partial charge on any atom is -0.391 e. The number of carbonyl (C=O) groups is 7. The van der Waals surface area contributed by atoms with Crippen LogP contribution in [0.2, 0.25) is 0 Å². The predicted octanol–water partition coefficient (Wildman–Crippen LogP) is -3.56. The molecule has 20 heteroatoms. The Morgan fingerprint density at radius 3 is 2.02 bits per heavy atom. The number of amides is 7. The average Bonchev–Trinajstić information content (AvgIpc) is 3.59. The fourth-order valence-corrected chi connectivity index (χ4v) is 5.93. The van der Waals surface area contributed by atoms with Crippen LogP contribution in [0.1, 0.15) is 45.1 Å². The zero-order valence-corrected chi connectivity index (χ0v) is 30.9. The summed E-state index contributed by atoms with van der Waals surface area (Å²) < 4.78 is 0. The number of hydrogen-bond donors (Lipinski definition) is 11. The molecule has 12 N–H and O–H groups in total. The lowest BCUT2D eigenvalue weighted by molar-refractivity contribution is -0.142. The van der Waals surface area contributed by atoms with Crippen LogP contribution in [0.25, 0.3) is 0 Å². The first-order chi connectivity index (χ1) is 24.6. The third kappa shape index (κ3) is 13.9. The van der Waals surface area contributed by atoms with E-state index in [1.807, 2.05) is 0 Å². The summed E-state index contributed by atoms with van der Waals surface area (Å²) in [7, 11) is 0. The zero-order valence-electron chi connectivity index (χ0n) is 29.1. The lowest BCUT2D eigenvalue weighted by Gasteiger charge is -2.30. The highest BCUT2D eigenvalue weighted by atomic mass is 32.1. The highest BCUT2D eigenvalue weighted by Crippen LogP contribution is 2.20. The molecule has 0 saturated carbocycles. The molecule has 7 amide bonds. The topological polar surface area (TPSA) is 294 Å². The smallest absolute Gasteiger partial charge is 0.246 e. The van der Waals surface area contributed by atoms with E-state index in [9.17, 15) is 38.7 Å². The van der Waals surface area contributed by atoms with Crippen molar-refractivity contribution in [2.45, 2.75) is 88.3 Å². The normalized spacial score (nSPS) is 17.2. The second-order valence-corrected chi connectivity index (χ2v) is 13.0. The molecule has 0 aromatic heterocycles. The van der Waals surface area contributed by atoms with Gasteiger partial charge >= 0.3 is 0 Å². The summed E-state index contributed by atoms with van der Waals surface area (Å²) in [6.45, 7) is 2.86. The largest absolute Gasteiger partial charge is 0.391 e. The van der Waals surface area contributed by atoms with E-state index in [0.717, 1.165) is 0 Å². The number of aliphatic hydroxyl groups is 1. The molecule has 0 spiro atoms. The Morgan fingerprint density at radius 2 is 1.46 bits per heavy atom. The fraction of sp³-hybridized carbons (Fsp3) is 0.562. The van der Waals surface area contributed by atoms with Gasteiger partial charge in [-0.3, -0.25) is 38.6 Å². The Labute approximate surface area is 313 Å². The molecule has 0 unspecified atom stereocenters. The molecular formula is C32H50N10O8S2. The quantitative estimate of drug-likeness (QED) is 0.0269. The van der Waals surface area contributed by atoms with E-state index in [1.54, 1.807) is 30.3 Å². The van der Waals surface area contributed by atoms with Crippen molar-refractivity contribution in [3.8, 4) is 0 Å². The number of guanidine groups is 1. The first-order valence-electron chi connectivity index (χ1n) is 16.7. The Balaban J connectivity index is 2.22. The van der Waals surface area contributed by atoms with Crippen molar-refractivity contribution < 1.29 is 38.7 Å². The molecule has 52 heavy (non-hydrogen) atoms. The molecule has 1 saturated heterocycles. The Kier molecular flexibility index (Phi) is 18.2. The summed E-state index contributed by atoms with van der Waals surface area (Å²) in [5.41, 5.74) is 16.8. The van der Waals surface area contributed by atoms with Crippen molar-refractivity contribution in [1.82, 2.24) is 31.5 Å². The molecule has 0 aliphatic carbocycles. The fourth-order valence-electron chi connectivity index (χ4n) is 5.43. The molecule has 18 nitrogen and oxygen atoms in total. The van der Waals surface area contributed by atoms with Gasteiger partial charge in [0.15, 0.2) is 5.96 Å². The number of aliphatic imine (C=N–C) groups is 1. The van der Waals surface area contributed by atoms with Gasteiger partial charge in [0, 0.05) is 37.9 Å². The van der Waals surface area contributed by atoms with Crippen molar-refractivity contribution in [2.75, 3.05) is 24.6 Å². The number of carbonyl (C=O) groups excluding carboxylic acids is 7. The van der Waals surface area contributed by atoms with Crippen molar-refractivity contribution in [1.29, 1.82) is 0 Å². The minimum absolute atomic E-state index is 0.0217. The minimum atomic E-state index is -1.33. The van der Waals surface area contributed by atoms with Gasteiger partial charge in [0.05, 0.1) is 6.10 Å². The number of primary amides is 1. The molecule has 1 aliphatic heterocycles. The molecule has 0 bridgehead atoms. The molecule has 1 aromatic rings. The number of likely N-dealkylation sites (tertiary alicyclic amines) is 1. The van der Waals surface area contributed by atoms with Crippen molar-refractivity contribution in [3.63, 3.8) is 0 Å². The van der Waals surface area contributed by atoms with Crippen LogP contribution in [0, 0.1) is 0 Å². The van der Waals surface area contributed by atoms with Gasteiger partial charge < -0.3 is 53.8 Å². The van der Waals surface area contributed by atoms with E-state index in [2.05, 4.69) is 56.8 Å². The first kappa shape index (κ1) is 43.6. The van der Waals surface area contributed by atoms with Crippen LogP contribution >= 0.6 is 25.3 Å². The monoisotopic (exact) mass is 766 g/mol. The predicted molar refractivity (Wildman–Crippen MR) is 199 cm³/mol. The molecular weight excluding hydrogens is 717 g/mol. The maximum atomic E-state index is 13.8. The average molecular weight is 767 g/mol. The summed E-state index contributed by atoms with van der Waals surface area (Å²) in [5, 5.41) is 22.6. The van der Waals surface area contributed by atoms with Crippen LogP contribution in [0.15, 0.2) is 35.3 Å². The van der Waals surface area contributed by atoms with Crippen molar-refractivity contribution >= 4 is 72.6 Å². The summed E-state index contributed by atoms with van der Waals surface area (Å²) >= 11 is 8.41. The second kappa shape index (κ2) is 21.7. The molecule has 2 rings (SSSR count). The summed E-state index contributed by atoms with van der Waals surface area (Å²) in [6.07, 6.45) is -0.0835. The van der Waals surface area contributed by atoms with Crippen LogP contribution in [0.3, 0.4) is 0 Å². The standard InChI is InChI=1S/C32H50N10O8S2/c1-17(43)25(37-18(2)44)30(49)41-23(16-52)31(50)42-13-7-11-24(42)29(48)39-21(14-19-8-4-3-5-9-19)27(46)40-22(15-51)28(47)38-20(26(33)45)10-6-12-36-32(34)35/h3-5,8-9,17,20-25,43,51-52H,6-7,10-16H2,1-2H3,(H2,33,45)(H,37,44)(H,38,47)(H,39,48)(H,40,46)(H,41,49)(H4,34,35,36)/t17-,20+,21+,22+,23+,24+,25+/m1/s1. The van der Waals surface area contributed by atoms with Crippen LogP contribution in [0.4, 0.5) is 0 Å². The van der Waals surface area contributed by atoms with E-state index in [4.69, 9.17) is 17.2 Å². The van der Waals surface area contributed by atoms with Crippen LogP contribution < -0.4 is 43.8 Å². The lowest BCUT2D eigenvalue weighted by atomic mass is 10.0. The second-order valence-electron chi connectivity index (χ2n) is 12.3.